The van der Waals surface area contributed by atoms with Crippen molar-refractivity contribution in [3.8, 4) is 23.0 Å². The molecule has 0 radical (unpaired) electrons. The molecule has 7 nitrogen and oxygen atoms in total. The van der Waals surface area contributed by atoms with Crippen LogP contribution in [-0.4, -0.2) is 54.0 Å². The SMILES string of the molecule is COc1cc(C=CCO)ccc1Oc1ccc([C@H](O)[C@@H](O)CO)cc1OC. The van der Waals surface area contributed by atoms with Crippen molar-refractivity contribution in [2.75, 3.05) is 27.4 Å². The van der Waals surface area contributed by atoms with Gasteiger partial charge in [0.2, 0.25) is 0 Å². The zero-order chi connectivity index (χ0) is 19.8. The molecule has 0 aliphatic carbocycles. The van der Waals surface area contributed by atoms with Crippen molar-refractivity contribution >= 4 is 6.08 Å². The Labute approximate surface area is 157 Å². The summed E-state index contributed by atoms with van der Waals surface area (Å²) in [5.41, 5.74) is 1.23. The minimum atomic E-state index is -1.29. The predicted molar refractivity (Wildman–Crippen MR) is 100 cm³/mol. The van der Waals surface area contributed by atoms with Crippen LogP contribution in [0.5, 0.6) is 23.0 Å². The summed E-state index contributed by atoms with van der Waals surface area (Å²) < 4.78 is 16.6. The van der Waals surface area contributed by atoms with Gasteiger partial charge in [-0.15, -0.1) is 0 Å². The van der Waals surface area contributed by atoms with Crippen LogP contribution in [0.15, 0.2) is 42.5 Å². The molecule has 146 valence electrons. The van der Waals surface area contributed by atoms with Crippen molar-refractivity contribution in [3.63, 3.8) is 0 Å². The molecule has 0 fully saturated rings. The maximum absolute atomic E-state index is 10.0. The Balaban J connectivity index is 2.30. The average molecular weight is 376 g/mol. The smallest absolute Gasteiger partial charge is 0.169 e. The summed E-state index contributed by atoms with van der Waals surface area (Å²) in [7, 11) is 2.98. The molecule has 0 bridgehead atoms. The number of hydrogen-bond donors (Lipinski definition) is 4. The summed E-state index contributed by atoms with van der Waals surface area (Å²) in [6, 6.07) is 10.0. The number of rotatable bonds is 9. The van der Waals surface area contributed by atoms with E-state index in [1.54, 1.807) is 36.4 Å². The van der Waals surface area contributed by atoms with E-state index in [0.717, 1.165) is 5.56 Å². The minimum absolute atomic E-state index is 0.0546. The fourth-order valence-electron chi connectivity index (χ4n) is 2.45. The van der Waals surface area contributed by atoms with Gasteiger partial charge in [0.15, 0.2) is 23.0 Å². The van der Waals surface area contributed by atoms with Crippen LogP contribution < -0.4 is 14.2 Å². The van der Waals surface area contributed by atoms with E-state index in [2.05, 4.69) is 0 Å². The Morgan fingerprint density at radius 2 is 1.52 bits per heavy atom. The van der Waals surface area contributed by atoms with Crippen molar-refractivity contribution in [2.45, 2.75) is 12.2 Å². The van der Waals surface area contributed by atoms with E-state index in [1.165, 1.54) is 20.3 Å². The van der Waals surface area contributed by atoms with Gasteiger partial charge in [0, 0.05) is 0 Å². The van der Waals surface area contributed by atoms with Crippen LogP contribution in [0.25, 0.3) is 6.08 Å². The molecule has 0 heterocycles. The van der Waals surface area contributed by atoms with E-state index >= 15 is 0 Å². The second kappa shape index (κ2) is 9.94. The monoisotopic (exact) mass is 376 g/mol. The number of hydrogen-bond acceptors (Lipinski definition) is 7. The lowest BCUT2D eigenvalue weighted by Crippen LogP contribution is -2.22. The first kappa shape index (κ1) is 20.7. The normalized spacial score (nSPS) is 13.4. The molecule has 27 heavy (non-hydrogen) atoms. The van der Waals surface area contributed by atoms with E-state index in [-0.39, 0.29) is 6.61 Å². The van der Waals surface area contributed by atoms with Gasteiger partial charge in [-0.3, -0.25) is 0 Å². The van der Waals surface area contributed by atoms with Crippen molar-refractivity contribution in [2.24, 2.45) is 0 Å². The number of methoxy groups -OCH3 is 2. The van der Waals surface area contributed by atoms with Gasteiger partial charge in [-0.1, -0.05) is 24.3 Å². The number of aliphatic hydroxyl groups is 4. The maximum atomic E-state index is 10.0. The fourth-order valence-corrected chi connectivity index (χ4v) is 2.45. The fraction of sp³-hybridized carbons (Fsp3) is 0.300. The quantitative estimate of drug-likeness (QED) is 0.529. The summed E-state index contributed by atoms with van der Waals surface area (Å²) >= 11 is 0. The zero-order valence-electron chi connectivity index (χ0n) is 15.2. The van der Waals surface area contributed by atoms with Crippen LogP contribution in [0.1, 0.15) is 17.2 Å². The Morgan fingerprint density at radius 1 is 0.889 bits per heavy atom. The van der Waals surface area contributed by atoms with Crippen molar-refractivity contribution < 1.29 is 34.6 Å². The van der Waals surface area contributed by atoms with Gasteiger partial charge in [0.1, 0.15) is 12.2 Å². The highest BCUT2D eigenvalue weighted by Gasteiger charge is 2.20. The van der Waals surface area contributed by atoms with Crippen LogP contribution in [0.2, 0.25) is 0 Å². The van der Waals surface area contributed by atoms with E-state index in [4.69, 9.17) is 24.4 Å². The third-order valence-corrected chi connectivity index (χ3v) is 3.90. The Bertz CT molecular complexity index is 773. The van der Waals surface area contributed by atoms with Crippen LogP contribution >= 0.6 is 0 Å². The van der Waals surface area contributed by atoms with Gasteiger partial charge in [0.05, 0.1) is 27.4 Å². The first-order chi connectivity index (χ1) is 13.0. The van der Waals surface area contributed by atoms with E-state index in [1.807, 2.05) is 6.07 Å². The van der Waals surface area contributed by atoms with Gasteiger partial charge in [0.25, 0.3) is 0 Å². The molecule has 0 saturated heterocycles. The largest absolute Gasteiger partial charge is 0.493 e. The van der Waals surface area contributed by atoms with Gasteiger partial charge in [-0.05, 0) is 35.4 Å². The summed E-state index contributed by atoms with van der Waals surface area (Å²) in [6.07, 6.45) is 0.838. The van der Waals surface area contributed by atoms with Crippen LogP contribution in [0, 0.1) is 0 Å². The number of benzene rings is 2. The molecule has 7 heteroatoms. The summed E-state index contributed by atoms with van der Waals surface area (Å²) in [6.45, 7) is -0.614. The second-order valence-electron chi connectivity index (χ2n) is 5.70. The zero-order valence-corrected chi connectivity index (χ0v) is 15.2. The number of aliphatic hydroxyl groups excluding tert-OH is 4. The van der Waals surface area contributed by atoms with Crippen molar-refractivity contribution in [1.82, 2.24) is 0 Å². The van der Waals surface area contributed by atoms with Gasteiger partial charge in [-0.25, -0.2) is 0 Å². The summed E-state index contributed by atoms with van der Waals surface area (Å²) in [5.74, 6) is 1.70. The van der Waals surface area contributed by atoms with E-state index in [9.17, 15) is 10.2 Å². The Hall–Kier alpha value is -2.58. The molecule has 0 saturated carbocycles. The Kier molecular flexibility index (Phi) is 7.63. The molecule has 0 amide bonds. The molecule has 2 atom stereocenters. The highest BCUT2D eigenvalue weighted by atomic mass is 16.5. The van der Waals surface area contributed by atoms with E-state index in [0.29, 0.717) is 28.6 Å². The van der Waals surface area contributed by atoms with Crippen LogP contribution in [0.3, 0.4) is 0 Å². The first-order valence-electron chi connectivity index (χ1n) is 8.32. The molecular formula is C20H24O7. The molecule has 0 spiro atoms. The van der Waals surface area contributed by atoms with Gasteiger partial charge in [-0.2, -0.15) is 0 Å². The average Bonchev–Trinajstić information content (AvgIpc) is 2.71. The predicted octanol–water partition coefficient (Wildman–Crippen LogP) is 1.89. The summed E-state index contributed by atoms with van der Waals surface area (Å²) in [4.78, 5) is 0. The van der Waals surface area contributed by atoms with E-state index < -0.39 is 18.8 Å². The molecule has 0 aliphatic heterocycles. The lowest BCUT2D eigenvalue weighted by molar-refractivity contribution is -0.0153. The topological polar surface area (TPSA) is 109 Å². The van der Waals surface area contributed by atoms with Crippen molar-refractivity contribution in [3.05, 3.63) is 53.6 Å². The summed E-state index contributed by atoms with van der Waals surface area (Å²) in [5, 5.41) is 37.5. The minimum Gasteiger partial charge on any atom is -0.493 e. The van der Waals surface area contributed by atoms with Gasteiger partial charge < -0.3 is 34.6 Å². The number of ether oxygens (including phenoxy) is 3. The molecule has 0 aromatic heterocycles. The highest BCUT2D eigenvalue weighted by Crippen LogP contribution is 2.38. The maximum Gasteiger partial charge on any atom is 0.169 e. The van der Waals surface area contributed by atoms with Crippen molar-refractivity contribution in [1.29, 1.82) is 0 Å². The highest BCUT2D eigenvalue weighted by molar-refractivity contribution is 5.57. The molecule has 0 unspecified atom stereocenters. The second-order valence-corrected chi connectivity index (χ2v) is 5.70. The molecule has 2 aromatic rings. The standard InChI is InChI=1S/C20H24O7/c1-25-18-10-13(4-3-9-21)5-7-16(18)27-17-8-6-14(11-19(17)26-2)20(24)15(23)12-22/h3-8,10-11,15,20-24H,9,12H2,1-2H3/t15-,20-/m0/s1. The third-order valence-electron chi connectivity index (χ3n) is 3.90. The molecular weight excluding hydrogens is 352 g/mol. The van der Waals surface area contributed by atoms with Crippen LogP contribution in [-0.2, 0) is 0 Å². The van der Waals surface area contributed by atoms with Gasteiger partial charge >= 0.3 is 0 Å². The van der Waals surface area contributed by atoms with Crippen LogP contribution in [0.4, 0.5) is 0 Å². The third kappa shape index (κ3) is 5.21. The molecule has 2 aromatic carbocycles. The lowest BCUT2D eigenvalue weighted by Gasteiger charge is -2.18. The molecule has 0 aliphatic rings. The first-order valence-corrected chi connectivity index (χ1v) is 8.32. The molecule has 2 rings (SSSR count). The lowest BCUT2D eigenvalue weighted by atomic mass is 10.0. The Morgan fingerprint density at radius 3 is 2.11 bits per heavy atom. The molecule has 4 N–H and O–H groups in total.